The van der Waals surface area contributed by atoms with Crippen LogP contribution >= 0.6 is 0 Å². The maximum Gasteiger partial charge on any atom is 0.264 e. The van der Waals surface area contributed by atoms with Gasteiger partial charge in [-0.3, -0.25) is 9.78 Å². The molecule has 2 atom stereocenters. The number of carbonyl (C=O) groups excluding carboxylic acids is 1. The third kappa shape index (κ3) is 4.03. The molecule has 1 aliphatic rings. The molecule has 1 saturated carbocycles. The zero-order valence-corrected chi connectivity index (χ0v) is 21.5. The first-order valence-corrected chi connectivity index (χ1v) is 13.3. The summed E-state index contributed by atoms with van der Waals surface area (Å²) in [5.41, 5.74) is 4.00. The SMILES string of the molecule is COc1ccc(C)cc1[C@]1(C(=O)NS(=O)(=O)c2cccc3nc(C)ccc23)C[C@@H]1c1cccc(C)c1. The van der Waals surface area contributed by atoms with E-state index < -0.39 is 21.3 Å². The van der Waals surface area contributed by atoms with E-state index in [0.29, 0.717) is 28.6 Å². The number of hydrogen-bond acceptors (Lipinski definition) is 5. The molecule has 0 bridgehead atoms. The van der Waals surface area contributed by atoms with Gasteiger partial charge in [0.15, 0.2) is 0 Å². The van der Waals surface area contributed by atoms with Crippen LogP contribution in [0.2, 0.25) is 0 Å². The van der Waals surface area contributed by atoms with E-state index in [1.807, 2.05) is 57.2 Å². The Bertz CT molecular complexity index is 1610. The van der Waals surface area contributed by atoms with Crippen LogP contribution in [0.5, 0.6) is 5.75 Å². The van der Waals surface area contributed by atoms with E-state index in [9.17, 15) is 13.2 Å². The molecule has 1 N–H and O–H groups in total. The molecule has 184 valence electrons. The van der Waals surface area contributed by atoms with Gasteiger partial charge in [-0.05, 0) is 63.1 Å². The van der Waals surface area contributed by atoms with Crippen molar-refractivity contribution >= 4 is 26.8 Å². The standard InChI is InChI=1S/C29H28N2O4S/c1-18-7-5-8-21(15-18)24-17-29(24,23-16-19(2)11-14-26(23)35-4)28(32)31-36(33,34)27-10-6-9-25-22(27)13-12-20(3)30-25/h5-16,24H,17H2,1-4H3,(H,31,32)/t24-,29-/m1/s1. The summed E-state index contributed by atoms with van der Waals surface area (Å²) in [6.07, 6.45) is 0.480. The lowest BCUT2D eigenvalue weighted by Crippen LogP contribution is -2.40. The molecule has 1 aliphatic carbocycles. The van der Waals surface area contributed by atoms with Crippen molar-refractivity contribution in [3.63, 3.8) is 0 Å². The van der Waals surface area contributed by atoms with Crippen molar-refractivity contribution in [1.29, 1.82) is 0 Å². The number of fused-ring (bicyclic) bond motifs is 1. The maximum absolute atomic E-state index is 14.0. The second-order valence-electron chi connectivity index (χ2n) is 9.56. The minimum absolute atomic E-state index is 0.0277. The van der Waals surface area contributed by atoms with Gasteiger partial charge in [-0.2, -0.15) is 0 Å². The van der Waals surface area contributed by atoms with Gasteiger partial charge in [-0.1, -0.05) is 53.6 Å². The number of amides is 1. The Morgan fingerprint density at radius 1 is 0.972 bits per heavy atom. The quantitative estimate of drug-likeness (QED) is 0.398. The molecule has 3 aromatic carbocycles. The smallest absolute Gasteiger partial charge is 0.264 e. The van der Waals surface area contributed by atoms with Crippen LogP contribution < -0.4 is 9.46 Å². The molecule has 36 heavy (non-hydrogen) atoms. The van der Waals surface area contributed by atoms with Gasteiger partial charge >= 0.3 is 0 Å². The molecule has 0 spiro atoms. The van der Waals surface area contributed by atoms with Gasteiger partial charge < -0.3 is 4.74 Å². The number of methoxy groups -OCH3 is 1. The number of ether oxygens (including phenoxy) is 1. The third-order valence-corrected chi connectivity index (χ3v) is 8.38. The molecule has 5 rings (SSSR count). The van der Waals surface area contributed by atoms with Crippen LogP contribution in [0, 0.1) is 20.8 Å². The summed E-state index contributed by atoms with van der Waals surface area (Å²) in [7, 11) is -2.61. The number of carbonyl (C=O) groups is 1. The Kier molecular flexibility index (Phi) is 5.83. The fourth-order valence-electron chi connectivity index (χ4n) is 5.12. The van der Waals surface area contributed by atoms with Gasteiger partial charge in [-0.15, -0.1) is 0 Å². The van der Waals surface area contributed by atoms with Crippen molar-refractivity contribution in [2.24, 2.45) is 0 Å². The molecule has 1 heterocycles. The number of aryl methyl sites for hydroxylation is 3. The summed E-state index contributed by atoms with van der Waals surface area (Å²) >= 11 is 0. The minimum Gasteiger partial charge on any atom is -0.496 e. The highest BCUT2D eigenvalue weighted by atomic mass is 32.2. The normalized spacial score (nSPS) is 19.2. The predicted octanol–water partition coefficient (Wildman–Crippen LogP) is 5.10. The van der Waals surface area contributed by atoms with Gasteiger partial charge in [0.05, 0.1) is 22.9 Å². The highest BCUT2D eigenvalue weighted by Crippen LogP contribution is 2.62. The van der Waals surface area contributed by atoms with E-state index in [1.165, 1.54) is 6.07 Å². The summed E-state index contributed by atoms with van der Waals surface area (Å²) in [5.74, 6) is -0.178. The molecule has 0 aliphatic heterocycles. The number of hydrogen-bond donors (Lipinski definition) is 1. The van der Waals surface area contributed by atoms with Gasteiger partial charge in [0.1, 0.15) is 5.75 Å². The average molecular weight is 501 g/mol. The number of benzene rings is 3. The van der Waals surface area contributed by atoms with E-state index >= 15 is 0 Å². The number of sulfonamides is 1. The molecule has 0 saturated heterocycles. The first-order chi connectivity index (χ1) is 17.2. The van der Waals surface area contributed by atoms with Crippen LogP contribution in [0.4, 0.5) is 0 Å². The first kappa shape index (κ1) is 24.0. The van der Waals surface area contributed by atoms with Crippen LogP contribution in [0.25, 0.3) is 10.9 Å². The minimum atomic E-state index is -4.17. The molecule has 0 radical (unpaired) electrons. The van der Waals surface area contributed by atoms with Crippen molar-refractivity contribution in [1.82, 2.24) is 9.71 Å². The van der Waals surface area contributed by atoms with Crippen molar-refractivity contribution in [3.8, 4) is 5.75 Å². The average Bonchev–Trinajstić information content (AvgIpc) is 3.60. The number of nitrogens with zero attached hydrogens (tertiary/aromatic N) is 1. The van der Waals surface area contributed by atoms with E-state index in [-0.39, 0.29) is 10.8 Å². The fraction of sp³-hybridized carbons (Fsp3) is 0.241. The van der Waals surface area contributed by atoms with Crippen LogP contribution in [0.3, 0.4) is 0 Å². The molecular weight excluding hydrogens is 472 g/mol. The molecular formula is C29H28N2O4S. The number of pyridine rings is 1. The monoisotopic (exact) mass is 500 g/mol. The van der Waals surface area contributed by atoms with E-state index in [4.69, 9.17) is 4.74 Å². The molecule has 7 heteroatoms. The van der Waals surface area contributed by atoms with Crippen molar-refractivity contribution in [3.05, 3.63) is 101 Å². The fourth-order valence-corrected chi connectivity index (χ4v) is 6.38. The van der Waals surface area contributed by atoms with E-state index in [1.54, 1.807) is 31.4 Å². The Morgan fingerprint density at radius 3 is 2.47 bits per heavy atom. The molecule has 0 unspecified atom stereocenters. The summed E-state index contributed by atoms with van der Waals surface area (Å²) in [6, 6.07) is 22.1. The molecule has 1 aromatic heterocycles. The van der Waals surface area contributed by atoms with Crippen LogP contribution in [0.15, 0.2) is 77.7 Å². The maximum atomic E-state index is 14.0. The Balaban J connectivity index is 1.60. The van der Waals surface area contributed by atoms with Gasteiger partial charge in [-0.25, -0.2) is 13.1 Å². The van der Waals surface area contributed by atoms with Crippen LogP contribution in [-0.4, -0.2) is 26.4 Å². The lowest BCUT2D eigenvalue weighted by atomic mass is 9.88. The predicted molar refractivity (Wildman–Crippen MR) is 140 cm³/mol. The molecule has 4 aromatic rings. The van der Waals surface area contributed by atoms with Crippen LogP contribution in [-0.2, 0) is 20.2 Å². The third-order valence-electron chi connectivity index (χ3n) is 6.99. The number of aromatic nitrogens is 1. The summed E-state index contributed by atoms with van der Waals surface area (Å²) in [6.45, 7) is 5.79. The van der Waals surface area contributed by atoms with Crippen molar-refractivity contribution in [2.45, 2.75) is 43.4 Å². The molecule has 6 nitrogen and oxygen atoms in total. The number of nitrogens with one attached hydrogen (secondary N) is 1. The summed E-state index contributed by atoms with van der Waals surface area (Å²) in [5, 5.41) is 0.469. The van der Waals surface area contributed by atoms with E-state index in [2.05, 4.69) is 15.8 Å². The lowest BCUT2D eigenvalue weighted by molar-refractivity contribution is -0.122. The summed E-state index contributed by atoms with van der Waals surface area (Å²) < 4.78 is 35.2. The lowest BCUT2D eigenvalue weighted by Gasteiger charge is -2.22. The second kappa shape index (κ2) is 8.75. The zero-order valence-electron chi connectivity index (χ0n) is 20.7. The number of rotatable bonds is 6. The Hall–Kier alpha value is -3.71. The first-order valence-electron chi connectivity index (χ1n) is 11.8. The highest BCUT2D eigenvalue weighted by Gasteiger charge is 2.63. The summed E-state index contributed by atoms with van der Waals surface area (Å²) in [4.78, 5) is 18.5. The zero-order chi connectivity index (χ0) is 25.7. The van der Waals surface area contributed by atoms with Gasteiger partial charge in [0.25, 0.3) is 10.0 Å². The second-order valence-corrected chi connectivity index (χ2v) is 11.2. The van der Waals surface area contributed by atoms with Gasteiger partial charge in [0, 0.05) is 22.6 Å². The topological polar surface area (TPSA) is 85.4 Å². The largest absolute Gasteiger partial charge is 0.496 e. The molecule has 1 fully saturated rings. The van der Waals surface area contributed by atoms with Gasteiger partial charge in [0.2, 0.25) is 5.91 Å². The Labute approximate surface area is 211 Å². The van der Waals surface area contributed by atoms with Crippen LogP contribution in [0.1, 0.15) is 40.3 Å². The highest BCUT2D eigenvalue weighted by molar-refractivity contribution is 7.90. The Morgan fingerprint density at radius 2 is 1.72 bits per heavy atom. The van der Waals surface area contributed by atoms with Crippen molar-refractivity contribution < 1.29 is 17.9 Å². The van der Waals surface area contributed by atoms with Crippen molar-refractivity contribution in [2.75, 3.05) is 7.11 Å². The van der Waals surface area contributed by atoms with E-state index in [0.717, 1.165) is 22.4 Å². The molecule has 1 amide bonds.